The van der Waals surface area contributed by atoms with E-state index in [1.54, 1.807) is 13.0 Å². The van der Waals surface area contributed by atoms with Crippen molar-refractivity contribution in [2.24, 2.45) is 11.8 Å². The second-order valence-corrected chi connectivity index (χ2v) is 25.2. The Morgan fingerprint density at radius 3 is 2.23 bits per heavy atom. The highest BCUT2D eigenvalue weighted by atomic mass is 28.4. The predicted octanol–water partition coefficient (Wildman–Crippen LogP) is 5.62. The standard InChI is InChI=1S/C35H57N3O7Si2/c1-22(2)31-24(4)16-17-28(40)36-18-14-15-23(3)19-27(45-47(12,13)35(6,7)8)20-26(39)21-29-38-30(34(43-29)46(9,10)11)32(41)37-25(5)33(42)44-31/h14-17,19,22,24-25,27,31H,18,20-21H2,1-13H3,(H,36,40)(H,37,41)/b15-14?,17-16+,23-19?/t24-,25-,27?,31-/m1/s1. The number of ketones is 1. The van der Waals surface area contributed by atoms with E-state index in [0.29, 0.717) is 11.9 Å². The van der Waals surface area contributed by atoms with Crippen LogP contribution < -0.4 is 16.0 Å². The van der Waals surface area contributed by atoms with Crippen LogP contribution in [0.15, 0.2) is 40.4 Å². The van der Waals surface area contributed by atoms with Gasteiger partial charge >= 0.3 is 5.97 Å². The zero-order valence-corrected chi connectivity index (χ0v) is 32.7. The van der Waals surface area contributed by atoms with Crippen LogP contribution in [0.2, 0.25) is 37.8 Å². The highest BCUT2D eigenvalue weighted by Crippen LogP contribution is 2.38. The molecule has 2 bridgehead atoms. The average molecular weight is 688 g/mol. The molecule has 262 valence electrons. The van der Waals surface area contributed by atoms with Gasteiger partial charge in [0.15, 0.2) is 14.0 Å². The molecule has 0 aliphatic carbocycles. The molecule has 0 aromatic carbocycles. The number of cyclic esters (lactones) is 1. The second kappa shape index (κ2) is 16.3. The van der Waals surface area contributed by atoms with Crippen molar-refractivity contribution >= 4 is 45.3 Å². The Morgan fingerprint density at radius 1 is 1.02 bits per heavy atom. The van der Waals surface area contributed by atoms with E-state index in [4.69, 9.17) is 13.6 Å². The van der Waals surface area contributed by atoms with Gasteiger partial charge in [-0.05, 0) is 44.0 Å². The molecule has 12 heteroatoms. The number of nitrogens with one attached hydrogen (secondary N) is 2. The van der Waals surface area contributed by atoms with Gasteiger partial charge in [-0.2, -0.15) is 0 Å². The van der Waals surface area contributed by atoms with Crippen LogP contribution in [0.3, 0.4) is 0 Å². The fraction of sp³-hybridized carbons (Fsp3) is 0.629. The van der Waals surface area contributed by atoms with Gasteiger partial charge < -0.3 is 24.2 Å². The number of fused-ring (bicyclic) bond motifs is 2. The summed E-state index contributed by atoms with van der Waals surface area (Å²) in [6, 6.07) is -0.976. The third-order valence-corrected chi connectivity index (χ3v) is 14.7. The van der Waals surface area contributed by atoms with Crippen LogP contribution in [0.1, 0.15) is 78.2 Å². The zero-order chi connectivity index (χ0) is 35.9. The highest BCUT2D eigenvalue weighted by Gasteiger charge is 2.39. The number of hydrogen-bond donors (Lipinski definition) is 2. The SMILES string of the molecule is CC1=CC(O[Si](C)(C)C(C)(C)C)CC(=O)Cc2nc(c([Si](C)(C)C)o2)C(=O)N[C@H](C)C(=O)O[C@H](C(C)C)[C@H](C)/C=C/C(=O)NCC=C1. The number of carbonyl (C=O) groups is 4. The van der Waals surface area contributed by atoms with Gasteiger partial charge in [0.1, 0.15) is 31.4 Å². The molecule has 1 aliphatic heterocycles. The van der Waals surface area contributed by atoms with Gasteiger partial charge in [-0.15, -0.1) is 0 Å². The first-order valence-electron chi connectivity index (χ1n) is 16.5. The lowest BCUT2D eigenvalue weighted by molar-refractivity contribution is -0.155. The van der Waals surface area contributed by atoms with Crippen LogP contribution in [-0.4, -0.2) is 69.7 Å². The van der Waals surface area contributed by atoms with Crippen LogP contribution in [0.5, 0.6) is 0 Å². The minimum absolute atomic E-state index is 0.0460. The van der Waals surface area contributed by atoms with E-state index >= 15 is 0 Å². The molecular weight excluding hydrogens is 631 g/mol. The van der Waals surface area contributed by atoms with Crippen molar-refractivity contribution < 1.29 is 32.8 Å². The number of carbonyl (C=O) groups excluding carboxylic acids is 4. The molecule has 1 unspecified atom stereocenters. The van der Waals surface area contributed by atoms with E-state index in [9.17, 15) is 19.2 Å². The molecule has 0 saturated heterocycles. The number of ether oxygens (including phenoxy) is 1. The molecule has 0 radical (unpaired) electrons. The summed E-state index contributed by atoms with van der Waals surface area (Å²) in [6.45, 7) is 26.3. The summed E-state index contributed by atoms with van der Waals surface area (Å²) in [5, 5.41) is 5.94. The third kappa shape index (κ3) is 12.1. The summed E-state index contributed by atoms with van der Waals surface area (Å²) in [5.74, 6) is -1.73. The van der Waals surface area contributed by atoms with E-state index in [-0.39, 0.29) is 53.0 Å². The molecule has 1 aliphatic rings. The van der Waals surface area contributed by atoms with Crippen LogP contribution in [0, 0.1) is 11.8 Å². The van der Waals surface area contributed by atoms with E-state index in [1.807, 2.05) is 65.6 Å². The number of aromatic nitrogens is 1. The topological polar surface area (TPSA) is 137 Å². The maximum Gasteiger partial charge on any atom is 0.328 e. The first-order chi connectivity index (χ1) is 21.5. The quantitative estimate of drug-likeness (QED) is 0.308. The maximum absolute atomic E-state index is 13.5. The predicted molar refractivity (Wildman–Crippen MR) is 191 cm³/mol. The summed E-state index contributed by atoms with van der Waals surface area (Å²) in [4.78, 5) is 57.1. The number of nitrogens with zero attached hydrogens (tertiary/aromatic N) is 1. The molecule has 0 fully saturated rings. The van der Waals surface area contributed by atoms with Crippen molar-refractivity contribution in [2.75, 3.05) is 6.54 Å². The molecule has 2 rings (SSSR count). The van der Waals surface area contributed by atoms with Crippen molar-refractivity contribution in [3.63, 3.8) is 0 Å². The fourth-order valence-corrected chi connectivity index (χ4v) is 7.39. The van der Waals surface area contributed by atoms with Gasteiger partial charge in [-0.3, -0.25) is 14.4 Å². The second-order valence-electron chi connectivity index (χ2n) is 15.5. The number of rotatable bonds is 4. The Labute approximate surface area is 283 Å². The third-order valence-electron chi connectivity index (χ3n) is 8.50. The average Bonchev–Trinajstić information content (AvgIpc) is 3.35. The molecule has 10 nitrogen and oxygen atoms in total. The summed E-state index contributed by atoms with van der Waals surface area (Å²) in [7, 11) is -4.48. The normalized spacial score (nSPS) is 24.3. The Morgan fingerprint density at radius 2 is 1.66 bits per heavy atom. The van der Waals surface area contributed by atoms with Crippen molar-refractivity contribution in [1.29, 1.82) is 0 Å². The van der Waals surface area contributed by atoms with Crippen LogP contribution >= 0.6 is 0 Å². The molecule has 1 aromatic heterocycles. The molecule has 2 heterocycles. The lowest BCUT2D eigenvalue weighted by Gasteiger charge is -2.38. The van der Waals surface area contributed by atoms with Crippen molar-refractivity contribution in [3.8, 4) is 0 Å². The summed E-state index contributed by atoms with van der Waals surface area (Å²) in [5.41, 5.74) is 0.979. The van der Waals surface area contributed by atoms with Crippen molar-refractivity contribution in [2.45, 2.75) is 124 Å². The smallest absolute Gasteiger partial charge is 0.328 e. The highest BCUT2D eigenvalue weighted by molar-refractivity contribution is 6.88. The lowest BCUT2D eigenvalue weighted by atomic mass is 9.94. The van der Waals surface area contributed by atoms with E-state index in [0.717, 1.165) is 5.57 Å². The van der Waals surface area contributed by atoms with Gasteiger partial charge in [0.05, 0.1) is 12.5 Å². The van der Waals surface area contributed by atoms with E-state index in [1.165, 1.54) is 6.08 Å². The van der Waals surface area contributed by atoms with Crippen LogP contribution in [0.25, 0.3) is 0 Å². The largest absolute Gasteiger partial charge is 0.460 e. The van der Waals surface area contributed by atoms with Gasteiger partial charge in [-0.1, -0.05) is 91.1 Å². The van der Waals surface area contributed by atoms with Crippen LogP contribution in [0.4, 0.5) is 0 Å². The van der Waals surface area contributed by atoms with Gasteiger partial charge in [-0.25, -0.2) is 9.78 Å². The van der Waals surface area contributed by atoms with E-state index < -0.39 is 46.5 Å². The number of allylic oxidation sites excluding steroid dienone is 2. The molecular formula is C35H57N3O7Si2. The van der Waals surface area contributed by atoms with E-state index in [2.05, 4.69) is 49.5 Å². The monoisotopic (exact) mass is 687 g/mol. The number of Topliss-reactive ketones (excluding diaryl/α,β-unsaturated/α-hetero) is 1. The molecule has 4 atom stereocenters. The number of esters is 1. The Kier molecular flexibility index (Phi) is 13.9. The first kappa shape index (κ1) is 40.1. The lowest BCUT2D eigenvalue weighted by Crippen LogP contribution is -2.46. The molecule has 0 spiro atoms. The Bertz CT molecular complexity index is 1380. The van der Waals surface area contributed by atoms with Gasteiger partial charge in [0.25, 0.3) is 5.91 Å². The van der Waals surface area contributed by atoms with Gasteiger partial charge in [0.2, 0.25) is 11.8 Å². The summed E-state index contributed by atoms with van der Waals surface area (Å²) < 4.78 is 18.6. The number of amides is 2. The molecule has 47 heavy (non-hydrogen) atoms. The minimum atomic E-state index is -2.25. The molecule has 2 N–H and O–H groups in total. The van der Waals surface area contributed by atoms with Crippen LogP contribution in [-0.2, 0) is 30.0 Å². The summed E-state index contributed by atoms with van der Waals surface area (Å²) >= 11 is 0. The maximum atomic E-state index is 13.5. The Balaban J connectivity index is 2.54. The Hall–Kier alpha value is -3.10. The minimum Gasteiger partial charge on any atom is -0.460 e. The summed E-state index contributed by atoms with van der Waals surface area (Å²) in [6.07, 6.45) is 7.84. The van der Waals surface area contributed by atoms with Crippen molar-refractivity contribution in [3.05, 3.63) is 47.5 Å². The fourth-order valence-electron chi connectivity index (χ4n) is 4.83. The number of oxazole rings is 1. The van der Waals surface area contributed by atoms with Gasteiger partial charge in [0, 0.05) is 18.9 Å². The first-order valence-corrected chi connectivity index (χ1v) is 22.9. The molecule has 1 aromatic rings. The number of hydrogen-bond acceptors (Lipinski definition) is 8. The zero-order valence-electron chi connectivity index (χ0n) is 30.7. The molecule has 0 saturated carbocycles. The molecule has 2 amide bonds. The van der Waals surface area contributed by atoms with Crippen molar-refractivity contribution in [1.82, 2.24) is 15.6 Å².